The van der Waals surface area contributed by atoms with Crippen LogP contribution in [0.25, 0.3) is 0 Å². The van der Waals surface area contributed by atoms with Crippen LogP contribution in [0.4, 0.5) is 5.69 Å². The molecular weight excluding hydrogens is 376 g/mol. The summed E-state index contributed by atoms with van der Waals surface area (Å²) in [6, 6.07) is 14.0. The van der Waals surface area contributed by atoms with Gasteiger partial charge in [0.1, 0.15) is 6.61 Å². The van der Waals surface area contributed by atoms with E-state index in [1.807, 2.05) is 42.5 Å². The number of hydrogen-bond acceptors (Lipinski definition) is 4. The molecule has 0 atom stereocenters. The third kappa shape index (κ3) is 4.04. The first-order chi connectivity index (χ1) is 14.5. The summed E-state index contributed by atoms with van der Waals surface area (Å²) >= 11 is 0. The molecule has 0 bridgehead atoms. The fourth-order valence-corrected chi connectivity index (χ4v) is 4.53. The SMILES string of the molecule is COc1cc2c(cc1OCc1ccccc1)NC(=O)C21CCN(CCC(C)C)CC1. The number of carbonyl (C=O) groups is 1. The van der Waals surface area contributed by atoms with Crippen LogP contribution < -0.4 is 14.8 Å². The van der Waals surface area contributed by atoms with Gasteiger partial charge in [-0.1, -0.05) is 44.2 Å². The number of likely N-dealkylation sites (tertiary alicyclic amines) is 1. The Balaban J connectivity index is 1.52. The molecule has 1 amide bonds. The van der Waals surface area contributed by atoms with Gasteiger partial charge in [0, 0.05) is 11.8 Å². The molecule has 4 rings (SSSR count). The number of methoxy groups -OCH3 is 1. The lowest BCUT2D eigenvalue weighted by Gasteiger charge is -2.38. The van der Waals surface area contributed by atoms with Gasteiger partial charge in [0.05, 0.1) is 12.5 Å². The summed E-state index contributed by atoms with van der Waals surface area (Å²) in [5.41, 5.74) is 2.56. The Bertz CT molecular complexity index is 887. The third-order valence-electron chi connectivity index (χ3n) is 6.47. The molecule has 0 saturated carbocycles. The number of ether oxygens (including phenoxy) is 2. The summed E-state index contributed by atoms with van der Waals surface area (Å²) < 4.78 is 11.7. The molecule has 1 fully saturated rings. The predicted molar refractivity (Wildman–Crippen MR) is 119 cm³/mol. The minimum absolute atomic E-state index is 0.114. The van der Waals surface area contributed by atoms with E-state index in [2.05, 4.69) is 24.1 Å². The quantitative estimate of drug-likeness (QED) is 0.727. The van der Waals surface area contributed by atoms with Crippen LogP contribution in [0.5, 0.6) is 11.5 Å². The molecule has 5 nitrogen and oxygen atoms in total. The van der Waals surface area contributed by atoms with Crippen molar-refractivity contribution in [2.45, 2.75) is 45.1 Å². The van der Waals surface area contributed by atoms with Gasteiger partial charge < -0.3 is 19.7 Å². The van der Waals surface area contributed by atoms with Gasteiger partial charge in [0.15, 0.2) is 11.5 Å². The first kappa shape index (κ1) is 20.7. The van der Waals surface area contributed by atoms with Gasteiger partial charge in [-0.3, -0.25) is 4.79 Å². The number of piperidine rings is 1. The molecular formula is C25H32N2O3. The summed E-state index contributed by atoms with van der Waals surface area (Å²) in [5, 5.41) is 3.12. The van der Waals surface area contributed by atoms with Crippen molar-refractivity contribution in [3.8, 4) is 11.5 Å². The molecule has 0 aromatic heterocycles. The van der Waals surface area contributed by atoms with Crippen LogP contribution in [0.3, 0.4) is 0 Å². The molecule has 0 radical (unpaired) electrons. The lowest BCUT2D eigenvalue weighted by molar-refractivity contribution is -0.122. The van der Waals surface area contributed by atoms with Crippen molar-refractivity contribution >= 4 is 11.6 Å². The van der Waals surface area contributed by atoms with E-state index in [-0.39, 0.29) is 5.91 Å². The number of anilines is 1. The average molecular weight is 409 g/mol. The third-order valence-corrected chi connectivity index (χ3v) is 6.47. The lowest BCUT2D eigenvalue weighted by Crippen LogP contribution is -2.46. The van der Waals surface area contributed by atoms with E-state index in [4.69, 9.17) is 9.47 Å². The molecule has 2 aromatic rings. The van der Waals surface area contributed by atoms with Gasteiger partial charge in [-0.15, -0.1) is 0 Å². The number of amides is 1. The van der Waals surface area contributed by atoms with Crippen LogP contribution in [0, 0.1) is 5.92 Å². The zero-order chi connectivity index (χ0) is 21.1. The first-order valence-corrected chi connectivity index (χ1v) is 10.9. The largest absolute Gasteiger partial charge is 0.493 e. The number of hydrogen-bond donors (Lipinski definition) is 1. The Morgan fingerprint density at radius 2 is 1.83 bits per heavy atom. The highest BCUT2D eigenvalue weighted by Gasteiger charge is 2.49. The summed E-state index contributed by atoms with van der Waals surface area (Å²) in [5.74, 6) is 2.16. The minimum atomic E-state index is -0.449. The van der Waals surface area contributed by atoms with E-state index in [1.54, 1.807) is 7.11 Å². The van der Waals surface area contributed by atoms with Crippen LogP contribution in [-0.4, -0.2) is 37.6 Å². The van der Waals surface area contributed by atoms with Crippen LogP contribution in [0.15, 0.2) is 42.5 Å². The second-order valence-corrected chi connectivity index (χ2v) is 8.88. The van der Waals surface area contributed by atoms with Crippen molar-refractivity contribution in [2.75, 3.05) is 32.1 Å². The highest BCUT2D eigenvalue weighted by atomic mass is 16.5. The van der Waals surface area contributed by atoms with E-state index in [1.165, 1.54) is 6.42 Å². The van der Waals surface area contributed by atoms with Crippen molar-refractivity contribution < 1.29 is 14.3 Å². The second kappa shape index (κ2) is 8.68. The van der Waals surface area contributed by atoms with E-state index in [9.17, 15) is 4.79 Å². The molecule has 2 aliphatic heterocycles. The topological polar surface area (TPSA) is 50.8 Å². The fraction of sp³-hybridized carbons (Fsp3) is 0.480. The summed E-state index contributed by atoms with van der Waals surface area (Å²) in [6.07, 6.45) is 2.89. The van der Waals surface area contributed by atoms with Gasteiger partial charge in [-0.2, -0.15) is 0 Å². The second-order valence-electron chi connectivity index (χ2n) is 8.88. The number of nitrogens with zero attached hydrogens (tertiary/aromatic N) is 1. The molecule has 1 spiro atoms. The maximum atomic E-state index is 13.1. The number of benzene rings is 2. The van der Waals surface area contributed by atoms with Crippen LogP contribution in [0.1, 0.15) is 44.2 Å². The Morgan fingerprint density at radius 1 is 1.10 bits per heavy atom. The number of nitrogens with one attached hydrogen (secondary N) is 1. The highest BCUT2D eigenvalue weighted by Crippen LogP contribution is 2.48. The van der Waals surface area contributed by atoms with Crippen molar-refractivity contribution in [2.24, 2.45) is 5.92 Å². The molecule has 5 heteroatoms. The Hall–Kier alpha value is -2.53. The van der Waals surface area contributed by atoms with Gasteiger partial charge in [-0.05, 0) is 62.0 Å². The Kier molecular flexibility index (Phi) is 6.00. The van der Waals surface area contributed by atoms with Crippen LogP contribution >= 0.6 is 0 Å². The van der Waals surface area contributed by atoms with Crippen molar-refractivity contribution in [3.63, 3.8) is 0 Å². The predicted octanol–water partition coefficient (Wildman–Crippen LogP) is 4.61. The number of rotatable bonds is 7. The monoisotopic (exact) mass is 408 g/mol. The highest BCUT2D eigenvalue weighted by molar-refractivity contribution is 6.06. The maximum absolute atomic E-state index is 13.1. The van der Waals surface area contributed by atoms with Crippen LogP contribution in [-0.2, 0) is 16.8 Å². The first-order valence-electron chi connectivity index (χ1n) is 10.9. The van der Waals surface area contributed by atoms with E-state index < -0.39 is 5.41 Å². The molecule has 0 aliphatic carbocycles. The molecule has 1 N–H and O–H groups in total. The Morgan fingerprint density at radius 3 is 2.50 bits per heavy atom. The summed E-state index contributed by atoms with van der Waals surface area (Å²) in [6.45, 7) is 7.99. The Labute approximate surface area is 179 Å². The maximum Gasteiger partial charge on any atom is 0.235 e. The molecule has 2 aliphatic rings. The molecule has 1 saturated heterocycles. The van der Waals surface area contributed by atoms with Crippen LogP contribution in [0.2, 0.25) is 0 Å². The molecule has 160 valence electrons. The fourth-order valence-electron chi connectivity index (χ4n) is 4.53. The van der Waals surface area contributed by atoms with Gasteiger partial charge in [0.2, 0.25) is 5.91 Å². The van der Waals surface area contributed by atoms with Gasteiger partial charge >= 0.3 is 0 Å². The molecule has 30 heavy (non-hydrogen) atoms. The molecule has 2 aromatic carbocycles. The smallest absolute Gasteiger partial charge is 0.235 e. The summed E-state index contributed by atoms with van der Waals surface area (Å²) in [4.78, 5) is 15.6. The normalized spacial score (nSPS) is 17.8. The standard InChI is InChI=1S/C25H32N2O3/c1-18(2)9-12-27-13-10-25(11-14-27)20-15-22(29-3)23(16-21(20)26-24(25)28)30-17-19-7-5-4-6-8-19/h4-8,15-16,18H,9-14,17H2,1-3H3,(H,26,28). The van der Waals surface area contributed by atoms with Crippen molar-refractivity contribution in [3.05, 3.63) is 53.6 Å². The number of carbonyl (C=O) groups excluding carboxylic acids is 1. The van der Waals surface area contributed by atoms with E-state index >= 15 is 0 Å². The number of fused-ring (bicyclic) bond motifs is 2. The minimum Gasteiger partial charge on any atom is -0.493 e. The van der Waals surface area contributed by atoms with Crippen molar-refractivity contribution in [1.82, 2.24) is 4.90 Å². The molecule has 2 heterocycles. The van der Waals surface area contributed by atoms with E-state index in [0.717, 1.165) is 49.3 Å². The average Bonchev–Trinajstić information content (AvgIpc) is 3.02. The lowest BCUT2D eigenvalue weighted by atomic mass is 9.73. The molecule has 0 unspecified atom stereocenters. The summed E-state index contributed by atoms with van der Waals surface area (Å²) in [7, 11) is 1.66. The van der Waals surface area contributed by atoms with Gasteiger partial charge in [0.25, 0.3) is 0 Å². The van der Waals surface area contributed by atoms with Gasteiger partial charge in [-0.25, -0.2) is 0 Å². The van der Waals surface area contributed by atoms with E-state index in [0.29, 0.717) is 24.0 Å². The zero-order valence-electron chi connectivity index (χ0n) is 18.2. The van der Waals surface area contributed by atoms with Crippen molar-refractivity contribution in [1.29, 1.82) is 0 Å². The zero-order valence-corrected chi connectivity index (χ0v) is 18.2.